The Balaban J connectivity index is 1.12. The normalized spacial score (nSPS) is 11.9. The number of aromatic nitrogens is 4. The van der Waals surface area contributed by atoms with Crippen molar-refractivity contribution in [1.82, 2.24) is 19.5 Å². The molecule has 7 aromatic carbocycles. The lowest BCUT2D eigenvalue weighted by Gasteiger charge is -2.11. The van der Waals surface area contributed by atoms with Crippen molar-refractivity contribution in [2.24, 2.45) is 0 Å². The molecule has 238 valence electrons. The summed E-state index contributed by atoms with van der Waals surface area (Å²) in [6.45, 7) is 0. The van der Waals surface area contributed by atoms with Gasteiger partial charge >= 0.3 is 0 Å². The number of furan rings is 2. The molecule has 0 bridgehead atoms. The number of nitrogens with zero attached hydrogens (tertiary/aromatic N) is 4. The summed E-state index contributed by atoms with van der Waals surface area (Å²) in [5, 5.41) is 6.55. The Morgan fingerprint density at radius 2 is 0.980 bits per heavy atom. The third-order valence-corrected chi connectivity index (χ3v) is 9.85. The van der Waals surface area contributed by atoms with Gasteiger partial charge in [0.2, 0.25) is 0 Å². The van der Waals surface area contributed by atoms with Crippen LogP contribution in [-0.4, -0.2) is 19.5 Å². The smallest absolute Gasteiger partial charge is 0.164 e. The lowest BCUT2D eigenvalue weighted by molar-refractivity contribution is 0.669. The highest BCUT2D eigenvalue weighted by atomic mass is 16.3. The maximum Gasteiger partial charge on any atom is 0.164 e. The fraction of sp³-hybridized carbons (Fsp3) is 0. The molecule has 0 atom stereocenters. The molecule has 4 heterocycles. The second kappa shape index (κ2) is 10.7. The molecule has 6 heteroatoms. The predicted molar refractivity (Wildman–Crippen MR) is 205 cm³/mol. The first-order chi connectivity index (χ1) is 25.3. The largest absolute Gasteiger partial charge is 0.456 e. The van der Waals surface area contributed by atoms with Crippen LogP contribution in [0.2, 0.25) is 0 Å². The molecule has 11 aromatic rings. The number of benzene rings is 7. The average molecular weight is 655 g/mol. The standard InChI is InChI=1S/C45H26N4O2/c1-2-11-27(12-3-1)43-46-44(48-45(47-43)29-21-24-40-35(26-29)32-16-6-8-19-38(32)50-40)28-13-10-14-30(25-28)49-36-18-7-4-17-34(36)41-37(49)23-22-33-31-15-5-9-20-39(31)51-42(33)41/h1-26H. The summed E-state index contributed by atoms with van der Waals surface area (Å²) in [5.74, 6) is 1.81. The van der Waals surface area contributed by atoms with Gasteiger partial charge in [-0.2, -0.15) is 0 Å². The van der Waals surface area contributed by atoms with Gasteiger partial charge < -0.3 is 13.4 Å². The molecule has 0 fully saturated rings. The molecular weight excluding hydrogens is 629 g/mol. The van der Waals surface area contributed by atoms with E-state index in [1.54, 1.807) is 0 Å². The van der Waals surface area contributed by atoms with Crippen LogP contribution in [0.5, 0.6) is 0 Å². The molecule has 0 aliphatic heterocycles. The van der Waals surface area contributed by atoms with Crippen LogP contribution in [0.25, 0.3) is 106 Å². The Labute approximate surface area is 290 Å². The molecule has 0 unspecified atom stereocenters. The predicted octanol–water partition coefficient (Wildman–Crippen LogP) is 11.8. The van der Waals surface area contributed by atoms with Crippen LogP contribution < -0.4 is 0 Å². The van der Waals surface area contributed by atoms with E-state index in [-0.39, 0.29) is 0 Å². The average Bonchev–Trinajstić information content (AvgIpc) is 3.87. The van der Waals surface area contributed by atoms with Gasteiger partial charge in [0.15, 0.2) is 17.5 Å². The highest BCUT2D eigenvalue weighted by molar-refractivity contribution is 6.23. The zero-order valence-electron chi connectivity index (χ0n) is 27.1. The highest BCUT2D eigenvalue weighted by Gasteiger charge is 2.20. The molecular formula is C45H26N4O2. The van der Waals surface area contributed by atoms with Crippen molar-refractivity contribution in [3.8, 4) is 39.9 Å². The van der Waals surface area contributed by atoms with Crippen LogP contribution in [0, 0.1) is 0 Å². The number of rotatable bonds is 4. The quantitative estimate of drug-likeness (QED) is 0.189. The number of hydrogen-bond acceptors (Lipinski definition) is 5. The SMILES string of the molecule is c1ccc(-c2nc(-c3cccc(-n4c5ccccc5c5c6oc7ccccc7c6ccc54)c3)nc(-c3ccc4oc5ccccc5c4c3)n2)cc1. The third-order valence-electron chi connectivity index (χ3n) is 9.85. The van der Waals surface area contributed by atoms with Crippen LogP contribution >= 0.6 is 0 Å². The van der Waals surface area contributed by atoms with Gasteiger partial charge in [-0.05, 0) is 60.7 Å². The van der Waals surface area contributed by atoms with Crippen molar-refractivity contribution in [2.45, 2.75) is 0 Å². The van der Waals surface area contributed by atoms with Crippen molar-refractivity contribution < 1.29 is 8.83 Å². The minimum atomic E-state index is 0.596. The zero-order chi connectivity index (χ0) is 33.5. The molecule has 0 radical (unpaired) electrons. The second-order valence-corrected chi connectivity index (χ2v) is 12.8. The first kappa shape index (κ1) is 27.9. The monoisotopic (exact) mass is 654 g/mol. The maximum atomic E-state index is 6.53. The van der Waals surface area contributed by atoms with E-state index < -0.39 is 0 Å². The summed E-state index contributed by atoms with van der Waals surface area (Å²) in [5.41, 5.74) is 9.35. The van der Waals surface area contributed by atoms with Crippen molar-refractivity contribution >= 4 is 65.7 Å². The van der Waals surface area contributed by atoms with Crippen molar-refractivity contribution in [3.63, 3.8) is 0 Å². The Kier molecular flexibility index (Phi) is 5.86. The Bertz CT molecular complexity index is 3150. The first-order valence-electron chi connectivity index (χ1n) is 16.9. The fourth-order valence-corrected chi connectivity index (χ4v) is 7.51. The van der Waals surface area contributed by atoms with E-state index in [1.807, 2.05) is 72.8 Å². The van der Waals surface area contributed by atoms with Gasteiger partial charge in [-0.15, -0.1) is 0 Å². The number of fused-ring (bicyclic) bond motifs is 10. The van der Waals surface area contributed by atoms with Crippen molar-refractivity contribution in [1.29, 1.82) is 0 Å². The molecule has 0 saturated heterocycles. The van der Waals surface area contributed by atoms with E-state index in [0.717, 1.165) is 88.1 Å². The summed E-state index contributed by atoms with van der Waals surface area (Å²) in [6, 6.07) is 53.9. The molecule has 0 N–H and O–H groups in total. The summed E-state index contributed by atoms with van der Waals surface area (Å²) < 4.78 is 14.9. The topological polar surface area (TPSA) is 69.9 Å². The Morgan fingerprint density at radius 3 is 1.78 bits per heavy atom. The van der Waals surface area contributed by atoms with Crippen molar-refractivity contribution in [2.75, 3.05) is 0 Å². The van der Waals surface area contributed by atoms with Crippen LogP contribution in [0.4, 0.5) is 0 Å². The minimum absolute atomic E-state index is 0.596. The van der Waals surface area contributed by atoms with E-state index in [4.69, 9.17) is 23.8 Å². The summed E-state index contributed by atoms with van der Waals surface area (Å²) in [4.78, 5) is 15.2. The van der Waals surface area contributed by atoms with Gasteiger partial charge in [-0.1, -0.05) is 97.1 Å². The maximum absolute atomic E-state index is 6.53. The summed E-state index contributed by atoms with van der Waals surface area (Å²) in [7, 11) is 0. The number of hydrogen-bond donors (Lipinski definition) is 0. The van der Waals surface area contributed by atoms with Gasteiger partial charge in [0, 0.05) is 49.3 Å². The molecule has 0 saturated carbocycles. The lowest BCUT2D eigenvalue weighted by Crippen LogP contribution is -2.01. The van der Waals surface area contributed by atoms with Gasteiger partial charge in [0.25, 0.3) is 0 Å². The van der Waals surface area contributed by atoms with Crippen LogP contribution in [0.1, 0.15) is 0 Å². The van der Waals surface area contributed by atoms with Gasteiger partial charge in [-0.25, -0.2) is 15.0 Å². The molecule has 0 spiro atoms. The Morgan fingerprint density at radius 1 is 0.373 bits per heavy atom. The van der Waals surface area contributed by atoms with Crippen LogP contribution in [-0.2, 0) is 0 Å². The van der Waals surface area contributed by atoms with Crippen LogP contribution in [0.3, 0.4) is 0 Å². The molecule has 0 aliphatic carbocycles. The van der Waals surface area contributed by atoms with E-state index >= 15 is 0 Å². The van der Waals surface area contributed by atoms with Crippen molar-refractivity contribution in [3.05, 3.63) is 158 Å². The molecule has 11 rings (SSSR count). The summed E-state index contributed by atoms with van der Waals surface area (Å²) in [6.07, 6.45) is 0. The zero-order valence-corrected chi connectivity index (χ0v) is 27.1. The Hall–Kier alpha value is -7.05. The van der Waals surface area contributed by atoms with Gasteiger partial charge in [-0.3, -0.25) is 0 Å². The van der Waals surface area contributed by atoms with E-state index in [0.29, 0.717) is 17.5 Å². The summed E-state index contributed by atoms with van der Waals surface area (Å²) >= 11 is 0. The third kappa shape index (κ3) is 4.26. The molecule has 0 amide bonds. The molecule has 0 aliphatic rings. The molecule has 4 aromatic heterocycles. The van der Waals surface area contributed by atoms with E-state index in [1.165, 1.54) is 0 Å². The van der Waals surface area contributed by atoms with Gasteiger partial charge in [0.1, 0.15) is 22.3 Å². The van der Waals surface area contributed by atoms with Crippen LogP contribution in [0.15, 0.2) is 167 Å². The fourth-order valence-electron chi connectivity index (χ4n) is 7.51. The second-order valence-electron chi connectivity index (χ2n) is 12.8. The molecule has 51 heavy (non-hydrogen) atoms. The van der Waals surface area contributed by atoms with Gasteiger partial charge in [0.05, 0.1) is 16.4 Å². The van der Waals surface area contributed by atoms with E-state index in [2.05, 4.69) is 89.5 Å². The number of para-hydroxylation sites is 3. The van der Waals surface area contributed by atoms with E-state index in [9.17, 15) is 0 Å². The first-order valence-corrected chi connectivity index (χ1v) is 16.9. The minimum Gasteiger partial charge on any atom is -0.456 e. The molecule has 6 nitrogen and oxygen atoms in total. The highest BCUT2D eigenvalue weighted by Crippen LogP contribution is 2.41. The lowest BCUT2D eigenvalue weighted by atomic mass is 10.1.